The molecule has 1 saturated heterocycles. The van der Waals surface area contributed by atoms with Crippen LogP contribution in [0.3, 0.4) is 0 Å². The molecule has 1 heterocycles. The third kappa shape index (κ3) is 2.86. The molecule has 0 saturated carbocycles. The van der Waals surface area contributed by atoms with Crippen molar-refractivity contribution < 1.29 is 9.18 Å². The SMILES string of the molecule is O=C1/C(=C\c2ccc(F)cc2)NC(=S)N1c1ccc(Cl)cc1. The average molecular weight is 333 g/mol. The first-order valence-electron chi connectivity index (χ1n) is 6.43. The van der Waals surface area contributed by atoms with Crippen LogP contribution in [0, 0.1) is 5.82 Å². The van der Waals surface area contributed by atoms with E-state index < -0.39 is 0 Å². The van der Waals surface area contributed by atoms with E-state index >= 15 is 0 Å². The first kappa shape index (κ1) is 14.7. The summed E-state index contributed by atoms with van der Waals surface area (Å²) in [6.45, 7) is 0. The first-order valence-corrected chi connectivity index (χ1v) is 7.21. The smallest absolute Gasteiger partial charge is 0.281 e. The molecule has 0 atom stereocenters. The topological polar surface area (TPSA) is 32.3 Å². The monoisotopic (exact) mass is 332 g/mol. The molecule has 22 heavy (non-hydrogen) atoms. The molecule has 3 rings (SSSR count). The Morgan fingerprint density at radius 3 is 2.36 bits per heavy atom. The summed E-state index contributed by atoms with van der Waals surface area (Å²) in [5.41, 5.74) is 1.68. The maximum absolute atomic E-state index is 12.9. The number of hydrogen-bond acceptors (Lipinski definition) is 2. The van der Waals surface area contributed by atoms with Crippen LogP contribution in [0.25, 0.3) is 6.08 Å². The normalized spacial score (nSPS) is 16.3. The number of thiocarbonyl (C=S) groups is 1. The Hall–Kier alpha value is -2.24. The largest absolute Gasteiger partial charge is 0.327 e. The molecule has 0 bridgehead atoms. The van der Waals surface area contributed by atoms with Crippen molar-refractivity contribution in [3.8, 4) is 0 Å². The van der Waals surface area contributed by atoms with Crippen LogP contribution in [0.4, 0.5) is 10.1 Å². The van der Waals surface area contributed by atoms with Crippen LogP contribution in [0.2, 0.25) is 5.02 Å². The van der Waals surface area contributed by atoms with Crippen LogP contribution >= 0.6 is 23.8 Å². The number of halogens is 2. The Bertz CT molecular complexity index is 772. The quantitative estimate of drug-likeness (QED) is 0.671. The summed E-state index contributed by atoms with van der Waals surface area (Å²) in [4.78, 5) is 13.9. The summed E-state index contributed by atoms with van der Waals surface area (Å²) in [6.07, 6.45) is 1.63. The van der Waals surface area contributed by atoms with Crippen LogP contribution in [0.1, 0.15) is 5.56 Å². The van der Waals surface area contributed by atoms with E-state index in [4.69, 9.17) is 23.8 Å². The molecule has 0 aromatic heterocycles. The number of nitrogens with one attached hydrogen (secondary N) is 1. The molecule has 0 radical (unpaired) electrons. The van der Waals surface area contributed by atoms with Crippen LogP contribution in [-0.2, 0) is 4.79 Å². The van der Waals surface area contributed by atoms with E-state index in [2.05, 4.69) is 5.32 Å². The van der Waals surface area contributed by atoms with Crippen molar-refractivity contribution >= 4 is 46.6 Å². The highest BCUT2D eigenvalue weighted by molar-refractivity contribution is 7.80. The number of hydrogen-bond donors (Lipinski definition) is 1. The van der Waals surface area contributed by atoms with Gasteiger partial charge in [0.15, 0.2) is 5.11 Å². The highest BCUT2D eigenvalue weighted by Gasteiger charge is 2.31. The lowest BCUT2D eigenvalue weighted by Crippen LogP contribution is -2.30. The van der Waals surface area contributed by atoms with Gasteiger partial charge in [0.05, 0.1) is 5.69 Å². The summed E-state index contributed by atoms with van der Waals surface area (Å²) >= 11 is 11.1. The second-order valence-electron chi connectivity index (χ2n) is 4.66. The van der Waals surface area contributed by atoms with Crippen molar-refractivity contribution in [2.45, 2.75) is 0 Å². The van der Waals surface area contributed by atoms with E-state index in [0.717, 1.165) is 0 Å². The Kier molecular flexibility index (Phi) is 3.92. The van der Waals surface area contributed by atoms with Gasteiger partial charge in [-0.2, -0.15) is 0 Å². The zero-order valence-corrected chi connectivity index (χ0v) is 12.8. The van der Waals surface area contributed by atoms with Crippen molar-refractivity contribution in [2.75, 3.05) is 4.90 Å². The highest BCUT2D eigenvalue weighted by atomic mass is 35.5. The molecule has 6 heteroatoms. The van der Waals surface area contributed by atoms with E-state index in [9.17, 15) is 9.18 Å². The van der Waals surface area contributed by atoms with Gasteiger partial charge in [0.2, 0.25) is 0 Å². The fraction of sp³-hybridized carbons (Fsp3) is 0. The van der Waals surface area contributed by atoms with Crippen molar-refractivity contribution in [1.82, 2.24) is 5.32 Å². The van der Waals surface area contributed by atoms with Gasteiger partial charge in [0.1, 0.15) is 11.5 Å². The number of nitrogens with zero attached hydrogens (tertiary/aromatic N) is 1. The van der Waals surface area contributed by atoms with Crippen molar-refractivity contribution in [2.24, 2.45) is 0 Å². The van der Waals surface area contributed by atoms with Gasteiger partial charge in [-0.25, -0.2) is 4.39 Å². The van der Waals surface area contributed by atoms with Crippen molar-refractivity contribution in [3.05, 3.63) is 70.6 Å². The van der Waals surface area contributed by atoms with Crippen molar-refractivity contribution in [3.63, 3.8) is 0 Å². The third-order valence-corrected chi connectivity index (χ3v) is 3.68. The van der Waals surface area contributed by atoms with E-state index in [0.29, 0.717) is 27.1 Å². The summed E-state index contributed by atoms with van der Waals surface area (Å²) in [6, 6.07) is 12.7. The molecular formula is C16H10ClFN2OS. The number of benzene rings is 2. The molecule has 1 aliphatic heterocycles. The van der Waals surface area contributed by atoms with Gasteiger partial charge in [0.25, 0.3) is 5.91 Å². The zero-order valence-electron chi connectivity index (χ0n) is 11.2. The molecule has 2 aromatic carbocycles. The van der Waals surface area contributed by atoms with Crippen LogP contribution in [0.5, 0.6) is 0 Å². The zero-order chi connectivity index (χ0) is 15.7. The second-order valence-corrected chi connectivity index (χ2v) is 5.48. The Labute approximate surface area is 137 Å². The van der Waals surface area contributed by atoms with Crippen LogP contribution in [0.15, 0.2) is 54.2 Å². The van der Waals surface area contributed by atoms with E-state index in [-0.39, 0.29) is 11.7 Å². The fourth-order valence-corrected chi connectivity index (χ4v) is 2.51. The number of anilines is 1. The van der Waals surface area contributed by atoms with Gasteiger partial charge in [0, 0.05) is 5.02 Å². The van der Waals surface area contributed by atoms with E-state index in [1.165, 1.54) is 17.0 Å². The Balaban J connectivity index is 1.91. The van der Waals surface area contributed by atoms with Gasteiger partial charge in [-0.1, -0.05) is 23.7 Å². The molecule has 0 unspecified atom stereocenters. The van der Waals surface area contributed by atoms with E-state index in [1.807, 2.05) is 0 Å². The second kappa shape index (κ2) is 5.87. The minimum absolute atomic E-state index is 0.267. The molecule has 1 aliphatic rings. The lowest BCUT2D eigenvalue weighted by molar-refractivity contribution is -0.113. The lowest BCUT2D eigenvalue weighted by Gasteiger charge is -2.13. The molecule has 110 valence electrons. The predicted octanol–water partition coefficient (Wildman–Crippen LogP) is 3.74. The summed E-state index contributed by atoms with van der Waals surface area (Å²) < 4.78 is 12.9. The van der Waals surface area contributed by atoms with Gasteiger partial charge in [-0.15, -0.1) is 0 Å². The number of carbonyl (C=O) groups is 1. The molecule has 1 N–H and O–H groups in total. The molecule has 0 spiro atoms. The maximum Gasteiger partial charge on any atom is 0.281 e. The minimum atomic E-state index is -0.328. The average Bonchev–Trinajstić information content (AvgIpc) is 2.77. The molecular weight excluding hydrogens is 323 g/mol. The molecule has 1 amide bonds. The summed E-state index contributed by atoms with van der Waals surface area (Å²) in [5.74, 6) is -0.595. The number of rotatable bonds is 2. The maximum atomic E-state index is 12.9. The molecule has 1 fully saturated rings. The standard InChI is InChI=1S/C16H10ClFN2OS/c17-11-3-7-13(8-4-11)20-15(21)14(19-16(20)22)9-10-1-5-12(18)6-2-10/h1-9H,(H,19,22)/b14-9+. The lowest BCUT2D eigenvalue weighted by atomic mass is 10.2. The van der Waals surface area contributed by atoms with Crippen molar-refractivity contribution in [1.29, 1.82) is 0 Å². The van der Waals surface area contributed by atoms with Crippen LogP contribution < -0.4 is 10.2 Å². The van der Waals surface area contributed by atoms with E-state index in [1.54, 1.807) is 42.5 Å². The first-order chi connectivity index (χ1) is 10.5. The minimum Gasteiger partial charge on any atom is -0.327 e. The summed E-state index contributed by atoms with van der Waals surface area (Å²) in [7, 11) is 0. The van der Waals surface area contributed by atoms with Gasteiger partial charge < -0.3 is 5.32 Å². The number of amides is 1. The van der Waals surface area contributed by atoms with Gasteiger partial charge >= 0.3 is 0 Å². The predicted molar refractivity (Wildman–Crippen MR) is 89.0 cm³/mol. The van der Waals surface area contributed by atoms with Crippen LogP contribution in [-0.4, -0.2) is 11.0 Å². The molecule has 2 aromatic rings. The summed E-state index contributed by atoms with van der Waals surface area (Å²) in [5, 5.41) is 3.74. The highest BCUT2D eigenvalue weighted by Crippen LogP contribution is 2.24. The van der Waals surface area contributed by atoms with Gasteiger partial charge in [-0.3, -0.25) is 9.69 Å². The molecule has 0 aliphatic carbocycles. The molecule has 3 nitrogen and oxygen atoms in total. The Morgan fingerprint density at radius 2 is 1.73 bits per heavy atom. The number of carbonyl (C=O) groups excluding carboxylic acids is 1. The third-order valence-electron chi connectivity index (χ3n) is 3.14. The van der Waals surface area contributed by atoms with Gasteiger partial charge in [-0.05, 0) is 60.3 Å². The fourth-order valence-electron chi connectivity index (χ4n) is 2.09. The Morgan fingerprint density at radius 1 is 1.09 bits per heavy atom.